The molecule has 3 fully saturated rings. The number of hydrogen-bond acceptors (Lipinski definition) is 3. The molecule has 4 aliphatic rings. The van der Waals surface area contributed by atoms with E-state index in [0.717, 1.165) is 25.4 Å². The lowest BCUT2D eigenvalue weighted by molar-refractivity contribution is 0.0849. The molecular formula is C22H31N3O2. The Balaban J connectivity index is 1.30. The number of carboxylic acid groups (broad SMARTS) is 1. The van der Waals surface area contributed by atoms with Crippen molar-refractivity contribution in [1.82, 2.24) is 9.80 Å². The van der Waals surface area contributed by atoms with Crippen LogP contribution in [0.15, 0.2) is 24.3 Å². The summed E-state index contributed by atoms with van der Waals surface area (Å²) in [6, 6.07) is 10.4. The van der Waals surface area contributed by atoms with E-state index in [1.807, 2.05) is 0 Å². The molecule has 5 heteroatoms. The van der Waals surface area contributed by atoms with Gasteiger partial charge in [-0.1, -0.05) is 24.6 Å². The van der Waals surface area contributed by atoms with E-state index in [-0.39, 0.29) is 5.41 Å². The van der Waals surface area contributed by atoms with Crippen LogP contribution < -0.4 is 4.90 Å². The van der Waals surface area contributed by atoms with E-state index in [1.54, 1.807) is 4.90 Å². The lowest BCUT2D eigenvalue weighted by Gasteiger charge is -2.49. The van der Waals surface area contributed by atoms with Gasteiger partial charge in [-0.25, -0.2) is 4.79 Å². The Labute approximate surface area is 161 Å². The summed E-state index contributed by atoms with van der Waals surface area (Å²) >= 11 is 0. The number of hydrogen-bond donors (Lipinski definition) is 1. The van der Waals surface area contributed by atoms with Crippen molar-refractivity contribution in [2.75, 3.05) is 37.6 Å². The number of amides is 1. The first-order valence-electron chi connectivity index (χ1n) is 10.7. The van der Waals surface area contributed by atoms with Gasteiger partial charge in [0.15, 0.2) is 0 Å². The third-order valence-corrected chi connectivity index (χ3v) is 7.69. The summed E-state index contributed by atoms with van der Waals surface area (Å²) in [6.45, 7) is 5.00. The lowest BCUT2D eigenvalue weighted by Crippen LogP contribution is -2.56. The number of piperidine rings is 2. The Morgan fingerprint density at radius 3 is 2.37 bits per heavy atom. The molecule has 1 aromatic carbocycles. The second-order valence-corrected chi connectivity index (χ2v) is 9.07. The quantitative estimate of drug-likeness (QED) is 0.866. The fourth-order valence-electron chi connectivity index (χ4n) is 5.94. The molecule has 1 amide bonds. The fourth-order valence-corrected chi connectivity index (χ4v) is 5.94. The van der Waals surface area contributed by atoms with E-state index in [0.29, 0.717) is 19.1 Å². The van der Waals surface area contributed by atoms with Gasteiger partial charge in [0.2, 0.25) is 0 Å². The van der Waals surface area contributed by atoms with Crippen LogP contribution in [0, 0.1) is 0 Å². The maximum atomic E-state index is 11.3. The highest BCUT2D eigenvalue weighted by Gasteiger charge is 2.49. The number of anilines is 1. The van der Waals surface area contributed by atoms with E-state index < -0.39 is 6.09 Å². The Morgan fingerprint density at radius 2 is 1.67 bits per heavy atom. The molecule has 1 saturated carbocycles. The molecule has 5 rings (SSSR count). The average Bonchev–Trinajstić information content (AvgIpc) is 2.96. The molecule has 1 N–H and O–H groups in total. The van der Waals surface area contributed by atoms with E-state index >= 15 is 0 Å². The van der Waals surface area contributed by atoms with E-state index in [1.165, 1.54) is 56.4 Å². The Kier molecular flexibility index (Phi) is 4.30. The van der Waals surface area contributed by atoms with Crippen LogP contribution in [0.4, 0.5) is 10.5 Å². The fraction of sp³-hybridized carbons (Fsp3) is 0.682. The molecule has 146 valence electrons. The van der Waals surface area contributed by atoms with Crippen LogP contribution in [-0.4, -0.2) is 65.8 Å². The van der Waals surface area contributed by atoms with Crippen molar-refractivity contribution in [3.05, 3.63) is 29.8 Å². The number of rotatable bonds is 2. The van der Waals surface area contributed by atoms with Gasteiger partial charge in [-0.05, 0) is 63.2 Å². The molecule has 1 aromatic rings. The highest BCUT2D eigenvalue weighted by Crippen LogP contribution is 2.50. The van der Waals surface area contributed by atoms with Gasteiger partial charge in [-0.15, -0.1) is 0 Å². The van der Waals surface area contributed by atoms with Gasteiger partial charge in [-0.3, -0.25) is 0 Å². The smallest absolute Gasteiger partial charge is 0.407 e. The van der Waals surface area contributed by atoms with Crippen LogP contribution >= 0.6 is 0 Å². The predicted molar refractivity (Wildman–Crippen MR) is 107 cm³/mol. The zero-order valence-electron chi connectivity index (χ0n) is 16.1. The molecule has 2 saturated heterocycles. The molecule has 5 nitrogen and oxygen atoms in total. The van der Waals surface area contributed by atoms with Crippen LogP contribution in [0.3, 0.4) is 0 Å². The molecule has 0 radical (unpaired) electrons. The van der Waals surface area contributed by atoms with Crippen LogP contribution in [0.2, 0.25) is 0 Å². The van der Waals surface area contributed by atoms with Crippen LogP contribution in [0.1, 0.15) is 50.5 Å². The predicted octanol–water partition coefficient (Wildman–Crippen LogP) is 3.54. The summed E-state index contributed by atoms with van der Waals surface area (Å²) in [6.07, 6.45) is 7.88. The molecule has 0 atom stereocenters. The van der Waals surface area contributed by atoms with Gasteiger partial charge in [0, 0.05) is 42.8 Å². The second-order valence-electron chi connectivity index (χ2n) is 9.07. The van der Waals surface area contributed by atoms with Crippen molar-refractivity contribution < 1.29 is 9.90 Å². The molecule has 1 spiro atoms. The standard InChI is InChI=1S/C22H31N3O2/c26-21(27)24-12-8-22(9-13-24)16-25(20-7-3-2-6-19(20)22)18-14-17(15-18)23-10-4-1-5-11-23/h2-3,6-7,17-18H,1,4-5,8-16H2,(H,26,27). The zero-order valence-corrected chi connectivity index (χ0v) is 16.1. The van der Waals surface area contributed by atoms with Gasteiger partial charge in [0.05, 0.1) is 0 Å². The maximum Gasteiger partial charge on any atom is 0.407 e. The van der Waals surface area contributed by atoms with E-state index in [9.17, 15) is 9.90 Å². The van der Waals surface area contributed by atoms with Gasteiger partial charge in [-0.2, -0.15) is 0 Å². The summed E-state index contributed by atoms with van der Waals surface area (Å²) in [5.74, 6) is 0. The Morgan fingerprint density at radius 1 is 0.963 bits per heavy atom. The summed E-state index contributed by atoms with van der Waals surface area (Å²) in [5, 5.41) is 9.32. The number of nitrogens with zero attached hydrogens (tertiary/aromatic N) is 3. The SMILES string of the molecule is O=C(O)N1CCC2(CC1)CN(C1CC(N3CCCCC3)C1)c1ccccc12. The van der Waals surface area contributed by atoms with Crippen molar-refractivity contribution in [2.24, 2.45) is 0 Å². The molecule has 1 aliphatic carbocycles. The highest BCUT2D eigenvalue weighted by atomic mass is 16.4. The highest BCUT2D eigenvalue weighted by molar-refractivity contribution is 5.67. The summed E-state index contributed by atoms with van der Waals surface area (Å²) in [5.41, 5.74) is 3.04. The molecule has 3 heterocycles. The van der Waals surface area contributed by atoms with Crippen molar-refractivity contribution >= 4 is 11.8 Å². The van der Waals surface area contributed by atoms with Gasteiger partial charge < -0.3 is 19.8 Å². The van der Waals surface area contributed by atoms with Crippen LogP contribution in [0.25, 0.3) is 0 Å². The van der Waals surface area contributed by atoms with Crippen LogP contribution in [0.5, 0.6) is 0 Å². The number of para-hydroxylation sites is 1. The molecule has 0 unspecified atom stereocenters. The molecule has 0 aromatic heterocycles. The van der Waals surface area contributed by atoms with Crippen molar-refractivity contribution in [3.8, 4) is 0 Å². The van der Waals surface area contributed by atoms with Gasteiger partial charge in [0.1, 0.15) is 0 Å². The monoisotopic (exact) mass is 369 g/mol. The third kappa shape index (κ3) is 2.91. The van der Waals surface area contributed by atoms with Crippen molar-refractivity contribution in [2.45, 2.75) is 62.4 Å². The summed E-state index contributed by atoms with van der Waals surface area (Å²) in [4.78, 5) is 18.3. The molecule has 3 aliphatic heterocycles. The second kappa shape index (κ2) is 6.69. The first-order valence-corrected chi connectivity index (χ1v) is 10.7. The number of fused-ring (bicyclic) bond motifs is 2. The Hall–Kier alpha value is -1.75. The number of benzene rings is 1. The van der Waals surface area contributed by atoms with E-state index in [2.05, 4.69) is 34.1 Å². The maximum absolute atomic E-state index is 11.3. The van der Waals surface area contributed by atoms with Crippen LogP contribution in [-0.2, 0) is 5.41 Å². The number of likely N-dealkylation sites (tertiary alicyclic amines) is 2. The van der Waals surface area contributed by atoms with Gasteiger partial charge in [0.25, 0.3) is 0 Å². The first-order chi connectivity index (χ1) is 13.2. The largest absolute Gasteiger partial charge is 0.465 e. The lowest BCUT2D eigenvalue weighted by atomic mass is 9.74. The topological polar surface area (TPSA) is 47.0 Å². The molecule has 27 heavy (non-hydrogen) atoms. The summed E-state index contributed by atoms with van der Waals surface area (Å²) in [7, 11) is 0. The van der Waals surface area contributed by atoms with E-state index in [4.69, 9.17) is 0 Å². The third-order valence-electron chi connectivity index (χ3n) is 7.69. The van der Waals surface area contributed by atoms with Crippen molar-refractivity contribution in [3.63, 3.8) is 0 Å². The average molecular weight is 370 g/mol. The van der Waals surface area contributed by atoms with Gasteiger partial charge >= 0.3 is 6.09 Å². The Bertz CT molecular complexity index is 701. The normalized spacial score (nSPS) is 30.2. The minimum atomic E-state index is -0.767. The minimum Gasteiger partial charge on any atom is -0.465 e. The molecular weight excluding hydrogens is 338 g/mol. The van der Waals surface area contributed by atoms with Crippen molar-refractivity contribution in [1.29, 1.82) is 0 Å². The first kappa shape index (κ1) is 17.4. The summed E-state index contributed by atoms with van der Waals surface area (Å²) < 4.78 is 0. The number of carbonyl (C=O) groups is 1. The zero-order chi connectivity index (χ0) is 18.4. The molecule has 0 bridgehead atoms. The minimum absolute atomic E-state index is 0.152.